The lowest BCUT2D eigenvalue weighted by Crippen LogP contribution is -2.07. The summed E-state index contributed by atoms with van der Waals surface area (Å²) in [7, 11) is 0. The first-order valence-electron chi connectivity index (χ1n) is 3.23. The predicted molar refractivity (Wildman–Crippen MR) is 34.7 cm³/mol. The predicted octanol–water partition coefficient (Wildman–Crippen LogP) is 2.16. The molecule has 0 spiro atoms. The van der Waals surface area contributed by atoms with Gasteiger partial charge in [-0.05, 0) is 12.3 Å². The van der Waals surface area contributed by atoms with Gasteiger partial charge in [0.15, 0.2) is 0 Å². The fraction of sp³-hybridized carbons (Fsp3) is 0.857. The van der Waals surface area contributed by atoms with E-state index < -0.39 is 12.0 Å². The summed E-state index contributed by atoms with van der Waals surface area (Å²) in [4.78, 5) is 10.0. The fourth-order valence-corrected chi connectivity index (χ4v) is 0.800. The van der Waals surface area contributed by atoms with Crippen molar-refractivity contribution in [2.45, 2.75) is 27.2 Å². The summed E-state index contributed by atoms with van der Waals surface area (Å²) < 4.78 is 11.8. The van der Waals surface area contributed by atoms with Gasteiger partial charge in [0.05, 0.1) is 0 Å². The maximum absolute atomic E-state index is 11.8. The van der Waals surface area contributed by atoms with Crippen molar-refractivity contribution < 1.29 is 9.18 Å². The SMILES string of the molecule is CC(C)CC(C)C(=O)F. The zero-order valence-corrected chi connectivity index (χ0v) is 6.15. The van der Waals surface area contributed by atoms with E-state index in [1.807, 2.05) is 13.8 Å². The minimum absolute atomic E-state index is 0.402. The van der Waals surface area contributed by atoms with Crippen molar-refractivity contribution in [3.05, 3.63) is 0 Å². The highest BCUT2D eigenvalue weighted by Crippen LogP contribution is 2.11. The van der Waals surface area contributed by atoms with Crippen LogP contribution in [0.2, 0.25) is 0 Å². The van der Waals surface area contributed by atoms with E-state index in [0.717, 1.165) is 0 Å². The van der Waals surface area contributed by atoms with E-state index in [-0.39, 0.29) is 0 Å². The van der Waals surface area contributed by atoms with Crippen LogP contribution in [0.4, 0.5) is 4.39 Å². The number of halogens is 1. The average Bonchev–Trinajstić information content (AvgIpc) is 1.63. The van der Waals surface area contributed by atoms with Gasteiger partial charge in [0.25, 0.3) is 0 Å². The van der Waals surface area contributed by atoms with Crippen molar-refractivity contribution in [1.82, 2.24) is 0 Å². The largest absolute Gasteiger partial charge is 0.304 e. The van der Waals surface area contributed by atoms with Crippen LogP contribution in [-0.4, -0.2) is 6.04 Å². The molecule has 0 saturated heterocycles. The minimum atomic E-state index is -1.19. The number of rotatable bonds is 3. The lowest BCUT2D eigenvalue weighted by Gasteiger charge is -2.06. The Bertz CT molecular complexity index is 99.1. The Hall–Kier alpha value is -0.400. The highest BCUT2D eigenvalue weighted by Gasteiger charge is 2.12. The van der Waals surface area contributed by atoms with Gasteiger partial charge < -0.3 is 0 Å². The summed E-state index contributed by atoms with van der Waals surface area (Å²) in [6.45, 7) is 5.56. The van der Waals surface area contributed by atoms with Crippen LogP contribution in [0.1, 0.15) is 27.2 Å². The van der Waals surface area contributed by atoms with E-state index in [1.54, 1.807) is 6.92 Å². The van der Waals surface area contributed by atoms with Gasteiger partial charge in [-0.1, -0.05) is 20.8 Å². The molecule has 1 unspecified atom stereocenters. The Kier molecular flexibility index (Phi) is 3.43. The first-order valence-corrected chi connectivity index (χ1v) is 3.23. The Morgan fingerprint density at radius 2 is 1.89 bits per heavy atom. The maximum atomic E-state index is 11.8. The fourth-order valence-electron chi connectivity index (χ4n) is 0.800. The monoisotopic (exact) mass is 132 g/mol. The summed E-state index contributed by atoms with van der Waals surface area (Å²) in [6.07, 6.45) is 0.648. The van der Waals surface area contributed by atoms with Gasteiger partial charge >= 0.3 is 6.04 Å². The van der Waals surface area contributed by atoms with Crippen molar-refractivity contribution in [3.63, 3.8) is 0 Å². The van der Waals surface area contributed by atoms with Gasteiger partial charge in [-0.2, -0.15) is 4.39 Å². The molecule has 0 aliphatic heterocycles. The molecule has 9 heavy (non-hydrogen) atoms. The summed E-state index contributed by atoms with van der Waals surface area (Å²) >= 11 is 0. The first kappa shape index (κ1) is 8.60. The molecule has 0 radical (unpaired) electrons. The third kappa shape index (κ3) is 4.13. The molecule has 1 nitrogen and oxygen atoms in total. The van der Waals surface area contributed by atoms with Gasteiger partial charge in [0.2, 0.25) is 0 Å². The molecule has 0 rings (SSSR count). The Morgan fingerprint density at radius 3 is 2.00 bits per heavy atom. The Labute approximate surface area is 55.3 Å². The van der Waals surface area contributed by atoms with E-state index in [0.29, 0.717) is 12.3 Å². The summed E-state index contributed by atoms with van der Waals surface area (Å²) in [5.74, 6) is -0.00954. The quantitative estimate of drug-likeness (QED) is 0.538. The molecule has 54 valence electrons. The molecule has 0 fully saturated rings. The van der Waals surface area contributed by atoms with Crippen LogP contribution in [0.15, 0.2) is 0 Å². The maximum Gasteiger partial charge on any atom is 0.304 e. The smallest absolute Gasteiger partial charge is 0.261 e. The van der Waals surface area contributed by atoms with Crippen LogP contribution in [0.3, 0.4) is 0 Å². The van der Waals surface area contributed by atoms with E-state index in [4.69, 9.17) is 0 Å². The summed E-state index contributed by atoms with van der Waals surface area (Å²) in [6, 6.07) is -1.19. The zero-order chi connectivity index (χ0) is 7.44. The Balaban J connectivity index is 3.50. The molecule has 0 amide bonds. The van der Waals surface area contributed by atoms with Crippen LogP contribution in [-0.2, 0) is 4.79 Å². The Morgan fingerprint density at radius 1 is 1.44 bits per heavy atom. The summed E-state index contributed by atoms with van der Waals surface area (Å²) in [5, 5.41) is 0. The van der Waals surface area contributed by atoms with Crippen LogP contribution >= 0.6 is 0 Å². The first-order chi connectivity index (χ1) is 4.04. The molecule has 0 heterocycles. The van der Waals surface area contributed by atoms with E-state index >= 15 is 0 Å². The van der Waals surface area contributed by atoms with Gasteiger partial charge in [-0.3, -0.25) is 4.79 Å². The van der Waals surface area contributed by atoms with Crippen LogP contribution in [0, 0.1) is 11.8 Å². The number of carbonyl (C=O) groups excluding carboxylic acids is 1. The molecule has 2 heteroatoms. The molecule has 0 aliphatic carbocycles. The molecule has 0 aromatic rings. The molecular formula is C7H13FO. The third-order valence-corrected chi connectivity index (χ3v) is 1.21. The van der Waals surface area contributed by atoms with Crippen molar-refractivity contribution >= 4 is 6.04 Å². The van der Waals surface area contributed by atoms with Crippen molar-refractivity contribution in [2.24, 2.45) is 11.8 Å². The molecule has 0 N–H and O–H groups in total. The average molecular weight is 132 g/mol. The number of hydrogen-bond acceptors (Lipinski definition) is 1. The normalized spacial score (nSPS) is 13.9. The topological polar surface area (TPSA) is 17.1 Å². The van der Waals surface area contributed by atoms with Gasteiger partial charge in [-0.15, -0.1) is 0 Å². The van der Waals surface area contributed by atoms with E-state index in [2.05, 4.69) is 0 Å². The molecule has 0 bridgehead atoms. The summed E-state index contributed by atoms with van der Waals surface area (Å²) in [5.41, 5.74) is 0. The zero-order valence-electron chi connectivity index (χ0n) is 6.15. The van der Waals surface area contributed by atoms with Crippen molar-refractivity contribution in [1.29, 1.82) is 0 Å². The van der Waals surface area contributed by atoms with Crippen LogP contribution in [0.5, 0.6) is 0 Å². The second kappa shape index (κ2) is 3.59. The standard InChI is InChI=1S/C7H13FO/c1-5(2)4-6(3)7(8)9/h5-6H,4H2,1-3H3. The van der Waals surface area contributed by atoms with Crippen molar-refractivity contribution in [3.8, 4) is 0 Å². The molecule has 0 saturated carbocycles. The van der Waals surface area contributed by atoms with Crippen LogP contribution in [0.25, 0.3) is 0 Å². The number of hydrogen-bond donors (Lipinski definition) is 0. The highest BCUT2D eigenvalue weighted by molar-refractivity contribution is 5.70. The molecule has 0 aliphatic rings. The second-order valence-electron chi connectivity index (χ2n) is 2.83. The molecule has 0 aromatic carbocycles. The van der Waals surface area contributed by atoms with Gasteiger partial charge in [-0.25, -0.2) is 0 Å². The van der Waals surface area contributed by atoms with E-state index in [9.17, 15) is 9.18 Å². The van der Waals surface area contributed by atoms with Gasteiger partial charge in [0, 0.05) is 5.92 Å². The van der Waals surface area contributed by atoms with Crippen molar-refractivity contribution in [2.75, 3.05) is 0 Å². The lowest BCUT2D eigenvalue weighted by molar-refractivity contribution is -0.133. The molecule has 1 atom stereocenters. The molecule has 0 aromatic heterocycles. The highest BCUT2D eigenvalue weighted by atomic mass is 19.1. The lowest BCUT2D eigenvalue weighted by atomic mass is 10.00. The third-order valence-electron chi connectivity index (χ3n) is 1.21. The molecular weight excluding hydrogens is 119 g/mol. The van der Waals surface area contributed by atoms with Crippen LogP contribution < -0.4 is 0 Å². The number of carbonyl (C=O) groups is 1. The minimum Gasteiger partial charge on any atom is -0.261 e. The second-order valence-corrected chi connectivity index (χ2v) is 2.83. The van der Waals surface area contributed by atoms with Gasteiger partial charge in [0.1, 0.15) is 0 Å². The van der Waals surface area contributed by atoms with E-state index in [1.165, 1.54) is 0 Å².